The second-order valence-electron chi connectivity index (χ2n) is 4.32. The summed E-state index contributed by atoms with van der Waals surface area (Å²) < 4.78 is 3.81. The molecular weight excluding hydrogens is 248 g/mol. The summed E-state index contributed by atoms with van der Waals surface area (Å²) in [6.07, 6.45) is 0.0356. The Balaban J connectivity index is 2.39. The molecule has 0 fully saturated rings. The summed E-state index contributed by atoms with van der Waals surface area (Å²) in [5.41, 5.74) is 4.06. The highest BCUT2D eigenvalue weighted by Crippen LogP contribution is 2.28. The summed E-state index contributed by atoms with van der Waals surface area (Å²) in [4.78, 5) is 11.0. The summed E-state index contributed by atoms with van der Waals surface area (Å²) in [5.74, 6) is -1.05. The highest BCUT2D eigenvalue weighted by molar-refractivity contribution is 7.03. The van der Waals surface area contributed by atoms with Crippen LogP contribution in [0.25, 0.3) is 0 Å². The Hall–Kier alpha value is -1.75. The van der Waals surface area contributed by atoms with Crippen LogP contribution in [0.2, 0.25) is 0 Å². The highest BCUT2D eigenvalue weighted by atomic mass is 32.1. The van der Waals surface area contributed by atoms with E-state index in [0.717, 1.165) is 16.8 Å². The smallest absolute Gasteiger partial charge is 0.304 e. The Bertz CT molecular complexity index is 552. The first kappa shape index (κ1) is 12.7. The zero-order chi connectivity index (χ0) is 13.1. The van der Waals surface area contributed by atoms with E-state index in [1.54, 1.807) is 0 Å². The molecule has 0 spiro atoms. The lowest BCUT2D eigenvalue weighted by atomic mass is 9.91. The van der Waals surface area contributed by atoms with Crippen LogP contribution in [0.3, 0.4) is 0 Å². The molecule has 0 saturated heterocycles. The predicted molar refractivity (Wildman–Crippen MR) is 69.9 cm³/mol. The minimum Gasteiger partial charge on any atom is -0.481 e. The van der Waals surface area contributed by atoms with Crippen molar-refractivity contribution in [3.05, 3.63) is 46.0 Å². The van der Waals surface area contributed by atoms with Gasteiger partial charge < -0.3 is 5.11 Å². The van der Waals surface area contributed by atoms with Crippen molar-refractivity contribution in [1.29, 1.82) is 0 Å². The Kier molecular flexibility index (Phi) is 3.72. The van der Waals surface area contributed by atoms with Crippen LogP contribution in [-0.2, 0) is 4.79 Å². The maximum absolute atomic E-state index is 11.0. The third-order valence-corrected chi connectivity index (χ3v) is 3.57. The van der Waals surface area contributed by atoms with Gasteiger partial charge in [0.1, 0.15) is 0 Å². The van der Waals surface area contributed by atoms with Crippen LogP contribution in [0.15, 0.2) is 23.6 Å². The number of aliphatic carboxylic acids is 1. The largest absolute Gasteiger partial charge is 0.481 e. The number of carboxylic acids is 1. The fraction of sp³-hybridized carbons (Fsp3) is 0.308. The Morgan fingerprint density at radius 1 is 1.39 bits per heavy atom. The van der Waals surface area contributed by atoms with Gasteiger partial charge in [-0.3, -0.25) is 4.79 Å². The van der Waals surface area contributed by atoms with Crippen molar-refractivity contribution in [2.75, 3.05) is 0 Å². The number of nitrogens with zero attached hydrogens (tertiary/aromatic N) is 2. The number of carbonyl (C=O) groups is 1. The first-order chi connectivity index (χ1) is 8.58. The molecule has 1 aromatic carbocycles. The van der Waals surface area contributed by atoms with Gasteiger partial charge in [0, 0.05) is 11.3 Å². The SMILES string of the molecule is Cc1ccc(C(CC(=O)O)c2csnn2)cc1C. The van der Waals surface area contributed by atoms with Crippen molar-refractivity contribution in [2.45, 2.75) is 26.2 Å². The molecule has 0 aliphatic carbocycles. The number of carboxylic acid groups (broad SMARTS) is 1. The fourth-order valence-corrected chi connectivity index (χ4v) is 2.38. The molecule has 0 amide bonds. The monoisotopic (exact) mass is 262 g/mol. The van der Waals surface area contributed by atoms with Crippen molar-refractivity contribution >= 4 is 17.5 Å². The van der Waals surface area contributed by atoms with Gasteiger partial charge >= 0.3 is 5.97 Å². The van der Waals surface area contributed by atoms with Gasteiger partial charge in [-0.15, -0.1) is 5.10 Å². The van der Waals surface area contributed by atoms with Crippen LogP contribution in [0.1, 0.15) is 34.7 Å². The van der Waals surface area contributed by atoms with Crippen molar-refractivity contribution in [3.63, 3.8) is 0 Å². The van der Waals surface area contributed by atoms with E-state index in [1.807, 2.05) is 37.4 Å². The van der Waals surface area contributed by atoms with Crippen LogP contribution in [-0.4, -0.2) is 20.7 Å². The van der Waals surface area contributed by atoms with E-state index in [0.29, 0.717) is 0 Å². The average molecular weight is 262 g/mol. The van der Waals surface area contributed by atoms with Crippen LogP contribution in [0, 0.1) is 13.8 Å². The molecular formula is C13H14N2O2S. The molecule has 4 nitrogen and oxygen atoms in total. The third kappa shape index (κ3) is 2.73. The van der Waals surface area contributed by atoms with Gasteiger partial charge in [-0.2, -0.15) is 0 Å². The number of hydrogen-bond donors (Lipinski definition) is 1. The zero-order valence-corrected chi connectivity index (χ0v) is 11.1. The maximum atomic E-state index is 11.0. The van der Waals surface area contributed by atoms with Crippen LogP contribution >= 0.6 is 11.5 Å². The van der Waals surface area contributed by atoms with E-state index < -0.39 is 5.97 Å². The van der Waals surface area contributed by atoms with E-state index >= 15 is 0 Å². The van der Waals surface area contributed by atoms with Gasteiger partial charge in [-0.05, 0) is 42.1 Å². The van der Waals surface area contributed by atoms with Crippen molar-refractivity contribution in [2.24, 2.45) is 0 Å². The number of benzene rings is 1. The Labute approximate surface area is 109 Å². The number of hydrogen-bond acceptors (Lipinski definition) is 4. The van der Waals surface area contributed by atoms with Gasteiger partial charge in [-0.1, -0.05) is 22.7 Å². The number of aromatic nitrogens is 2. The molecule has 1 unspecified atom stereocenters. The molecule has 0 saturated carbocycles. The second-order valence-corrected chi connectivity index (χ2v) is 4.93. The molecule has 18 heavy (non-hydrogen) atoms. The molecule has 0 aliphatic rings. The lowest BCUT2D eigenvalue weighted by molar-refractivity contribution is -0.137. The maximum Gasteiger partial charge on any atom is 0.304 e. The van der Waals surface area contributed by atoms with Gasteiger partial charge in [0.2, 0.25) is 0 Å². The quantitative estimate of drug-likeness (QED) is 0.920. The molecule has 1 aromatic heterocycles. The van der Waals surface area contributed by atoms with Gasteiger partial charge in [-0.25, -0.2) is 0 Å². The second kappa shape index (κ2) is 5.27. The summed E-state index contributed by atoms with van der Waals surface area (Å²) in [7, 11) is 0. The molecule has 1 atom stereocenters. The summed E-state index contributed by atoms with van der Waals surface area (Å²) in [6, 6.07) is 6.01. The molecule has 1 N–H and O–H groups in total. The van der Waals surface area contributed by atoms with E-state index in [4.69, 9.17) is 5.11 Å². The summed E-state index contributed by atoms with van der Waals surface area (Å²) in [6.45, 7) is 4.06. The first-order valence-electron chi connectivity index (χ1n) is 5.64. The topological polar surface area (TPSA) is 63.1 Å². The normalized spacial score (nSPS) is 12.3. The lowest BCUT2D eigenvalue weighted by Gasteiger charge is -2.14. The molecule has 2 rings (SSSR count). The minimum absolute atomic E-state index is 0.0356. The standard InChI is InChI=1S/C13H14N2O2S/c1-8-3-4-10(5-9(8)2)11(6-13(16)17)12-7-18-15-14-12/h3-5,7,11H,6H2,1-2H3,(H,16,17). The van der Waals surface area contributed by atoms with Crippen molar-refractivity contribution in [1.82, 2.24) is 9.59 Å². The average Bonchev–Trinajstić information content (AvgIpc) is 2.83. The minimum atomic E-state index is -0.828. The number of aryl methyl sites for hydroxylation is 2. The fourth-order valence-electron chi connectivity index (χ4n) is 1.87. The van der Waals surface area contributed by atoms with E-state index in [-0.39, 0.29) is 12.3 Å². The molecule has 5 heteroatoms. The van der Waals surface area contributed by atoms with Gasteiger partial charge in [0.05, 0.1) is 12.1 Å². The molecule has 2 aromatic rings. The molecule has 0 aliphatic heterocycles. The van der Waals surface area contributed by atoms with Crippen LogP contribution in [0.4, 0.5) is 0 Å². The highest BCUT2D eigenvalue weighted by Gasteiger charge is 2.20. The van der Waals surface area contributed by atoms with Crippen molar-refractivity contribution in [3.8, 4) is 0 Å². The predicted octanol–water partition coefficient (Wildman–Crippen LogP) is 2.76. The molecule has 94 valence electrons. The Morgan fingerprint density at radius 2 is 2.17 bits per heavy atom. The zero-order valence-electron chi connectivity index (χ0n) is 10.3. The Morgan fingerprint density at radius 3 is 2.72 bits per heavy atom. The number of rotatable bonds is 4. The first-order valence-corrected chi connectivity index (χ1v) is 6.47. The van der Waals surface area contributed by atoms with E-state index in [9.17, 15) is 4.79 Å². The van der Waals surface area contributed by atoms with Gasteiger partial charge in [0.15, 0.2) is 0 Å². The molecule has 0 radical (unpaired) electrons. The molecule has 0 bridgehead atoms. The van der Waals surface area contributed by atoms with E-state index in [1.165, 1.54) is 17.1 Å². The lowest BCUT2D eigenvalue weighted by Crippen LogP contribution is -2.09. The van der Waals surface area contributed by atoms with E-state index in [2.05, 4.69) is 9.59 Å². The van der Waals surface area contributed by atoms with Crippen molar-refractivity contribution < 1.29 is 9.90 Å². The van der Waals surface area contributed by atoms with Crippen LogP contribution in [0.5, 0.6) is 0 Å². The van der Waals surface area contributed by atoms with Crippen LogP contribution < -0.4 is 0 Å². The summed E-state index contributed by atoms with van der Waals surface area (Å²) in [5, 5.41) is 14.8. The third-order valence-electron chi connectivity index (χ3n) is 3.05. The summed E-state index contributed by atoms with van der Waals surface area (Å²) >= 11 is 1.24. The van der Waals surface area contributed by atoms with Gasteiger partial charge in [0.25, 0.3) is 0 Å². The molecule has 1 heterocycles.